The minimum absolute atomic E-state index is 0.0830. The van der Waals surface area contributed by atoms with Gasteiger partial charge in [-0.3, -0.25) is 14.8 Å². The number of carbonyl (C=O) groups is 2. The highest BCUT2D eigenvalue weighted by molar-refractivity contribution is 5.90. The van der Waals surface area contributed by atoms with E-state index < -0.39 is 17.9 Å². The number of hydrogen-bond acceptors (Lipinski definition) is 5. The summed E-state index contributed by atoms with van der Waals surface area (Å²) in [5.74, 6) is -1.11. The molecule has 152 valence electrons. The zero-order chi connectivity index (χ0) is 20.6. The van der Waals surface area contributed by atoms with Gasteiger partial charge in [-0.2, -0.15) is 5.26 Å². The Morgan fingerprint density at radius 3 is 2.76 bits per heavy atom. The van der Waals surface area contributed by atoms with Gasteiger partial charge in [0.1, 0.15) is 0 Å². The summed E-state index contributed by atoms with van der Waals surface area (Å²) in [5, 5.41) is 21.5. The fourth-order valence-electron chi connectivity index (χ4n) is 4.59. The molecule has 1 saturated heterocycles. The topological polar surface area (TPSA) is 105 Å². The maximum Gasteiger partial charge on any atom is 0.248 e. The largest absolute Gasteiger partial charge is 0.337 e. The second kappa shape index (κ2) is 7.62. The van der Waals surface area contributed by atoms with Crippen LogP contribution in [0.3, 0.4) is 0 Å². The number of amides is 2. The molecule has 2 atom stereocenters. The average Bonchev–Trinajstić information content (AvgIpc) is 3.51. The van der Waals surface area contributed by atoms with E-state index in [2.05, 4.69) is 17.5 Å². The first kappa shape index (κ1) is 19.6. The lowest BCUT2D eigenvalue weighted by molar-refractivity contribution is -0.144. The Balaban J connectivity index is 1.46. The molecular weight excluding hydrogens is 368 g/mol. The number of benzene rings is 1. The summed E-state index contributed by atoms with van der Waals surface area (Å²) in [6.45, 7) is 3.75. The van der Waals surface area contributed by atoms with Crippen LogP contribution in [-0.4, -0.2) is 47.6 Å². The van der Waals surface area contributed by atoms with Crippen molar-refractivity contribution in [3.05, 3.63) is 41.0 Å². The molecule has 7 nitrogen and oxygen atoms in total. The minimum Gasteiger partial charge on any atom is -0.337 e. The third-order valence-electron chi connectivity index (χ3n) is 6.66. The molecule has 1 aromatic carbocycles. The molecule has 2 fully saturated rings. The van der Waals surface area contributed by atoms with Gasteiger partial charge in [0, 0.05) is 19.6 Å². The van der Waals surface area contributed by atoms with Crippen LogP contribution in [0.15, 0.2) is 24.3 Å². The number of rotatable bonds is 3. The van der Waals surface area contributed by atoms with Gasteiger partial charge < -0.3 is 10.2 Å². The van der Waals surface area contributed by atoms with E-state index in [1.54, 1.807) is 10.4 Å². The number of nitrogens with one attached hydrogen (secondary N) is 2. The normalized spacial score (nSPS) is 25.1. The first-order valence-electron chi connectivity index (χ1n) is 10.1. The number of nitriles is 1. The third-order valence-corrected chi connectivity index (χ3v) is 6.66. The van der Waals surface area contributed by atoms with Crippen LogP contribution in [0.4, 0.5) is 0 Å². The standard InChI is InChI=1S/C22H26N4O3/c1-14-10-16(2-3-17(14)12-23)15-4-8-26(9-5-15)21(28)19-18(20(27)25-29)11-22(6-7-22)13-24-19/h2-4,10,18-19,24,29H,5-9,11,13H2,1H3,(H,25,27)/t18-,19-/m0/s1. The summed E-state index contributed by atoms with van der Waals surface area (Å²) >= 11 is 0. The van der Waals surface area contributed by atoms with E-state index in [0.29, 0.717) is 25.1 Å². The molecule has 1 aromatic rings. The molecule has 2 heterocycles. The fourth-order valence-corrected chi connectivity index (χ4v) is 4.59. The smallest absolute Gasteiger partial charge is 0.248 e. The van der Waals surface area contributed by atoms with E-state index >= 15 is 0 Å². The van der Waals surface area contributed by atoms with Crippen LogP contribution >= 0.6 is 0 Å². The quantitative estimate of drug-likeness (QED) is 0.535. The molecule has 4 rings (SSSR count). The molecule has 3 N–H and O–H groups in total. The molecule has 0 bridgehead atoms. The van der Waals surface area contributed by atoms with Crippen molar-refractivity contribution in [1.82, 2.24) is 15.7 Å². The fraction of sp³-hybridized carbons (Fsp3) is 0.500. The van der Waals surface area contributed by atoms with Gasteiger partial charge in [0.05, 0.1) is 23.6 Å². The molecule has 2 aliphatic heterocycles. The van der Waals surface area contributed by atoms with Crippen LogP contribution in [0, 0.1) is 29.6 Å². The Morgan fingerprint density at radius 2 is 2.17 bits per heavy atom. The van der Waals surface area contributed by atoms with E-state index in [1.807, 2.05) is 25.1 Å². The number of hydroxylamine groups is 1. The molecular formula is C22H26N4O3. The molecule has 7 heteroatoms. The zero-order valence-corrected chi connectivity index (χ0v) is 16.6. The molecule has 1 saturated carbocycles. The molecule has 1 aliphatic carbocycles. The third kappa shape index (κ3) is 3.78. The average molecular weight is 394 g/mol. The number of aryl methyl sites for hydroxylation is 1. The Morgan fingerprint density at radius 1 is 1.38 bits per heavy atom. The molecule has 2 amide bonds. The van der Waals surface area contributed by atoms with E-state index in [4.69, 9.17) is 10.5 Å². The summed E-state index contributed by atoms with van der Waals surface area (Å²) in [5.41, 5.74) is 5.74. The number of nitrogens with zero attached hydrogens (tertiary/aromatic N) is 2. The summed E-state index contributed by atoms with van der Waals surface area (Å²) in [4.78, 5) is 27.1. The van der Waals surface area contributed by atoms with Gasteiger partial charge in [0.15, 0.2) is 0 Å². The lowest BCUT2D eigenvalue weighted by atomic mass is 9.81. The van der Waals surface area contributed by atoms with Gasteiger partial charge in [-0.15, -0.1) is 0 Å². The maximum absolute atomic E-state index is 13.1. The van der Waals surface area contributed by atoms with Crippen molar-refractivity contribution < 1.29 is 14.8 Å². The predicted octanol–water partition coefficient (Wildman–Crippen LogP) is 1.75. The number of hydrogen-bond donors (Lipinski definition) is 3. The van der Waals surface area contributed by atoms with Crippen molar-refractivity contribution >= 4 is 17.4 Å². The van der Waals surface area contributed by atoms with Gasteiger partial charge in [-0.25, -0.2) is 5.48 Å². The Kier molecular flexibility index (Phi) is 5.15. The molecule has 1 spiro atoms. The van der Waals surface area contributed by atoms with Gasteiger partial charge in [0.2, 0.25) is 11.8 Å². The van der Waals surface area contributed by atoms with Gasteiger partial charge in [-0.05, 0) is 60.8 Å². The monoisotopic (exact) mass is 394 g/mol. The summed E-state index contributed by atoms with van der Waals surface area (Å²) < 4.78 is 0. The number of piperidine rings is 1. The van der Waals surface area contributed by atoms with Crippen LogP contribution in [0.25, 0.3) is 5.57 Å². The Labute approximate surface area is 170 Å². The predicted molar refractivity (Wildman–Crippen MR) is 107 cm³/mol. The molecule has 3 aliphatic rings. The Hall–Kier alpha value is -2.69. The van der Waals surface area contributed by atoms with Crippen molar-refractivity contribution in [2.24, 2.45) is 11.3 Å². The van der Waals surface area contributed by atoms with Gasteiger partial charge in [0.25, 0.3) is 0 Å². The highest BCUT2D eigenvalue weighted by atomic mass is 16.5. The number of carbonyl (C=O) groups excluding carboxylic acids is 2. The second-order valence-electron chi connectivity index (χ2n) is 8.55. The summed E-state index contributed by atoms with van der Waals surface area (Å²) in [7, 11) is 0. The van der Waals surface area contributed by atoms with Crippen molar-refractivity contribution in [2.45, 2.75) is 38.6 Å². The lowest BCUT2D eigenvalue weighted by Gasteiger charge is -2.38. The van der Waals surface area contributed by atoms with Crippen LogP contribution in [0.1, 0.15) is 42.4 Å². The van der Waals surface area contributed by atoms with Crippen LogP contribution in [0.5, 0.6) is 0 Å². The van der Waals surface area contributed by atoms with E-state index in [1.165, 1.54) is 5.57 Å². The SMILES string of the molecule is Cc1cc(C2=CCN(C(=O)[C@H]3NCC4(CC4)C[C@@H]3C(=O)NO)CC2)ccc1C#N. The van der Waals surface area contributed by atoms with Gasteiger partial charge in [-0.1, -0.05) is 18.2 Å². The van der Waals surface area contributed by atoms with Crippen LogP contribution < -0.4 is 10.8 Å². The lowest BCUT2D eigenvalue weighted by Crippen LogP contribution is -2.59. The minimum atomic E-state index is -0.597. The first-order valence-corrected chi connectivity index (χ1v) is 10.1. The van der Waals surface area contributed by atoms with E-state index in [9.17, 15) is 9.59 Å². The van der Waals surface area contributed by atoms with Crippen molar-refractivity contribution in [3.8, 4) is 6.07 Å². The molecule has 0 aromatic heterocycles. The first-order chi connectivity index (χ1) is 14.0. The van der Waals surface area contributed by atoms with Crippen LogP contribution in [-0.2, 0) is 9.59 Å². The van der Waals surface area contributed by atoms with Crippen molar-refractivity contribution in [3.63, 3.8) is 0 Å². The highest BCUT2D eigenvalue weighted by Gasteiger charge is 2.52. The van der Waals surface area contributed by atoms with Gasteiger partial charge >= 0.3 is 0 Å². The Bertz CT molecular complexity index is 913. The molecule has 0 radical (unpaired) electrons. The second-order valence-corrected chi connectivity index (χ2v) is 8.55. The highest BCUT2D eigenvalue weighted by Crippen LogP contribution is 2.52. The molecule has 29 heavy (non-hydrogen) atoms. The maximum atomic E-state index is 13.1. The van der Waals surface area contributed by atoms with Crippen LogP contribution in [0.2, 0.25) is 0 Å². The summed E-state index contributed by atoms with van der Waals surface area (Å²) in [6.07, 6.45) is 5.55. The van der Waals surface area contributed by atoms with Crippen molar-refractivity contribution in [1.29, 1.82) is 5.26 Å². The van der Waals surface area contributed by atoms with E-state index in [0.717, 1.165) is 36.9 Å². The molecule has 0 unspecified atom stereocenters. The van der Waals surface area contributed by atoms with Crippen molar-refractivity contribution in [2.75, 3.05) is 19.6 Å². The summed E-state index contributed by atoms with van der Waals surface area (Å²) in [6, 6.07) is 7.39. The van der Waals surface area contributed by atoms with E-state index in [-0.39, 0.29) is 11.3 Å². The zero-order valence-electron chi connectivity index (χ0n) is 16.6.